The molecule has 0 radical (unpaired) electrons. The summed E-state index contributed by atoms with van der Waals surface area (Å²) < 4.78 is 0. The summed E-state index contributed by atoms with van der Waals surface area (Å²) in [7, 11) is 0. The predicted octanol–water partition coefficient (Wildman–Crippen LogP) is 2.14. The van der Waals surface area contributed by atoms with Crippen molar-refractivity contribution in [3.63, 3.8) is 0 Å². The number of ketones is 1. The maximum atomic E-state index is 11.5. The molecule has 3 nitrogen and oxygen atoms in total. The number of carbonyl (C=O) groups is 2. The van der Waals surface area contributed by atoms with Gasteiger partial charge in [0, 0.05) is 24.3 Å². The Morgan fingerprint density at radius 3 is 2.56 bits per heavy atom. The summed E-state index contributed by atoms with van der Waals surface area (Å²) in [6.45, 7) is 0. The predicted molar refractivity (Wildman–Crippen MR) is 59.1 cm³/mol. The van der Waals surface area contributed by atoms with Crippen LogP contribution >= 0.6 is 0 Å². The summed E-state index contributed by atoms with van der Waals surface area (Å²) in [5.41, 5.74) is 1.21. The first-order valence-electron chi connectivity index (χ1n) is 5.17. The van der Waals surface area contributed by atoms with Crippen LogP contribution in [0.3, 0.4) is 0 Å². The number of benzene rings is 1. The number of carbonyl (C=O) groups excluding carboxylic acids is 1. The fraction of sp³-hybridized carbons (Fsp3) is 0.231. The fourth-order valence-corrected chi connectivity index (χ4v) is 1.95. The number of carboxylic acid groups (broad SMARTS) is 1. The van der Waals surface area contributed by atoms with Gasteiger partial charge in [0.05, 0.1) is 0 Å². The van der Waals surface area contributed by atoms with Gasteiger partial charge in [-0.2, -0.15) is 0 Å². The van der Waals surface area contributed by atoms with Crippen LogP contribution in [-0.4, -0.2) is 16.9 Å². The van der Waals surface area contributed by atoms with E-state index >= 15 is 0 Å². The molecule has 0 spiro atoms. The van der Waals surface area contributed by atoms with Crippen LogP contribution in [0.15, 0.2) is 42.0 Å². The lowest BCUT2D eigenvalue weighted by molar-refractivity contribution is -0.134. The molecule has 1 aliphatic rings. The van der Waals surface area contributed by atoms with Gasteiger partial charge in [0.2, 0.25) is 0 Å². The molecule has 0 saturated carbocycles. The number of allylic oxidation sites excluding steroid dienone is 1. The van der Waals surface area contributed by atoms with Gasteiger partial charge in [-0.15, -0.1) is 0 Å². The lowest BCUT2D eigenvalue weighted by Crippen LogP contribution is -2.17. The van der Waals surface area contributed by atoms with E-state index < -0.39 is 5.97 Å². The maximum absolute atomic E-state index is 11.5. The average Bonchev–Trinajstić information content (AvgIpc) is 2.29. The molecule has 0 aromatic heterocycles. The minimum atomic E-state index is -0.992. The number of hydrogen-bond donors (Lipinski definition) is 1. The number of carboxylic acids is 1. The van der Waals surface area contributed by atoms with E-state index in [9.17, 15) is 9.59 Å². The van der Waals surface area contributed by atoms with E-state index in [-0.39, 0.29) is 23.7 Å². The molecule has 1 aliphatic carbocycles. The second-order valence-electron chi connectivity index (χ2n) is 3.93. The van der Waals surface area contributed by atoms with Crippen LogP contribution in [-0.2, 0) is 9.59 Å². The third-order valence-corrected chi connectivity index (χ3v) is 2.74. The molecule has 0 fully saturated rings. The standard InChI is InChI=1S/C13H12O3/c14-12-7-10(6-11(8-12)13(15)16)9-4-2-1-3-5-9/h1-6,10H,7-8H2,(H,15,16). The van der Waals surface area contributed by atoms with Crippen LogP contribution in [0.2, 0.25) is 0 Å². The quantitative estimate of drug-likeness (QED) is 0.824. The van der Waals surface area contributed by atoms with Gasteiger partial charge in [-0.05, 0) is 5.56 Å². The Labute approximate surface area is 93.4 Å². The molecule has 1 aromatic rings. The molecule has 2 rings (SSSR count). The van der Waals surface area contributed by atoms with E-state index in [1.807, 2.05) is 30.3 Å². The minimum Gasteiger partial charge on any atom is -0.478 e. The van der Waals surface area contributed by atoms with Crippen LogP contribution in [0, 0.1) is 0 Å². The van der Waals surface area contributed by atoms with Gasteiger partial charge in [-0.1, -0.05) is 36.4 Å². The zero-order valence-electron chi connectivity index (χ0n) is 8.72. The van der Waals surface area contributed by atoms with Crippen LogP contribution < -0.4 is 0 Å². The first kappa shape index (κ1) is 10.6. The molecule has 0 aliphatic heterocycles. The summed E-state index contributed by atoms with van der Waals surface area (Å²) in [6.07, 6.45) is 2.15. The smallest absolute Gasteiger partial charge is 0.331 e. The molecule has 0 heterocycles. The van der Waals surface area contributed by atoms with E-state index in [4.69, 9.17) is 5.11 Å². The SMILES string of the molecule is O=C1CC(C(=O)O)=CC(c2ccccc2)C1. The normalized spacial score (nSPS) is 20.4. The molecule has 0 amide bonds. The van der Waals surface area contributed by atoms with Crippen molar-refractivity contribution >= 4 is 11.8 Å². The van der Waals surface area contributed by atoms with Crippen molar-refractivity contribution in [1.29, 1.82) is 0 Å². The minimum absolute atomic E-state index is 0.00578. The van der Waals surface area contributed by atoms with Crippen molar-refractivity contribution in [2.24, 2.45) is 0 Å². The van der Waals surface area contributed by atoms with Crippen LogP contribution in [0.25, 0.3) is 0 Å². The molecular formula is C13H12O3. The molecule has 1 unspecified atom stereocenters. The molecule has 3 heteroatoms. The maximum Gasteiger partial charge on any atom is 0.331 e. The topological polar surface area (TPSA) is 54.4 Å². The highest BCUT2D eigenvalue weighted by Gasteiger charge is 2.24. The highest BCUT2D eigenvalue weighted by atomic mass is 16.4. The van der Waals surface area contributed by atoms with Gasteiger partial charge in [0.1, 0.15) is 5.78 Å². The lowest BCUT2D eigenvalue weighted by Gasteiger charge is -2.18. The number of Topliss-reactive ketones (excluding diaryl/α,β-unsaturated/α-hetero) is 1. The van der Waals surface area contributed by atoms with Crippen molar-refractivity contribution in [1.82, 2.24) is 0 Å². The average molecular weight is 216 g/mol. The van der Waals surface area contributed by atoms with Crippen molar-refractivity contribution in [2.45, 2.75) is 18.8 Å². The van der Waals surface area contributed by atoms with Gasteiger partial charge < -0.3 is 5.11 Å². The van der Waals surface area contributed by atoms with Crippen molar-refractivity contribution in [2.75, 3.05) is 0 Å². The van der Waals surface area contributed by atoms with Crippen LogP contribution in [0.1, 0.15) is 24.3 Å². The van der Waals surface area contributed by atoms with E-state index in [1.54, 1.807) is 6.08 Å². The zero-order valence-corrected chi connectivity index (χ0v) is 8.72. The molecular weight excluding hydrogens is 204 g/mol. The highest BCUT2D eigenvalue weighted by Crippen LogP contribution is 2.29. The molecule has 82 valence electrons. The molecule has 0 bridgehead atoms. The summed E-state index contributed by atoms with van der Waals surface area (Å²) in [5.74, 6) is -1.09. The Hall–Kier alpha value is -1.90. The summed E-state index contributed by atoms with van der Waals surface area (Å²) in [5, 5.41) is 8.90. The molecule has 1 atom stereocenters. The lowest BCUT2D eigenvalue weighted by atomic mass is 9.85. The summed E-state index contributed by atoms with van der Waals surface area (Å²) >= 11 is 0. The Morgan fingerprint density at radius 2 is 1.94 bits per heavy atom. The monoisotopic (exact) mass is 216 g/mol. The van der Waals surface area contributed by atoms with Crippen molar-refractivity contribution < 1.29 is 14.7 Å². The van der Waals surface area contributed by atoms with Crippen molar-refractivity contribution in [3.05, 3.63) is 47.5 Å². The largest absolute Gasteiger partial charge is 0.478 e. The van der Waals surface area contributed by atoms with E-state index in [1.165, 1.54) is 0 Å². The van der Waals surface area contributed by atoms with Crippen molar-refractivity contribution in [3.8, 4) is 0 Å². The molecule has 1 aromatic carbocycles. The Morgan fingerprint density at radius 1 is 1.25 bits per heavy atom. The molecule has 1 N–H and O–H groups in total. The van der Waals surface area contributed by atoms with E-state index in [0.717, 1.165) is 5.56 Å². The van der Waals surface area contributed by atoms with Gasteiger partial charge in [-0.25, -0.2) is 4.79 Å². The fourth-order valence-electron chi connectivity index (χ4n) is 1.95. The van der Waals surface area contributed by atoms with Gasteiger partial charge >= 0.3 is 5.97 Å². The summed E-state index contributed by atoms with van der Waals surface area (Å²) in [6, 6.07) is 9.51. The second-order valence-corrected chi connectivity index (χ2v) is 3.93. The van der Waals surface area contributed by atoms with E-state index in [2.05, 4.69) is 0 Å². The van der Waals surface area contributed by atoms with Gasteiger partial charge in [-0.3, -0.25) is 4.79 Å². The molecule has 0 saturated heterocycles. The van der Waals surface area contributed by atoms with Gasteiger partial charge in [0.25, 0.3) is 0 Å². The Balaban J connectivity index is 2.32. The molecule has 16 heavy (non-hydrogen) atoms. The zero-order chi connectivity index (χ0) is 11.5. The third kappa shape index (κ3) is 2.19. The second kappa shape index (κ2) is 4.31. The number of aliphatic carboxylic acids is 1. The highest BCUT2D eigenvalue weighted by molar-refractivity contribution is 5.96. The van der Waals surface area contributed by atoms with E-state index in [0.29, 0.717) is 6.42 Å². The van der Waals surface area contributed by atoms with Crippen LogP contribution in [0.5, 0.6) is 0 Å². The Kier molecular flexibility index (Phi) is 2.86. The van der Waals surface area contributed by atoms with Gasteiger partial charge in [0.15, 0.2) is 0 Å². The number of rotatable bonds is 2. The summed E-state index contributed by atoms with van der Waals surface area (Å²) in [4.78, 5) is 22.3. The Bertz CT molecular complexity index is 446. The first-order chi connectivity index (χ1) is 7.66. The third-order valence-electron chi connectivity index (χ3n) is 2.74. The number of hydrogen-bond acceptors (Lipinski definition) is 2. The van der Waals surface area contributed by atoms with Crippen LogP contribution in [0.4, 0.5) is 0 Å². The first-order valence-corrected chi connectivity index (χ1v) is 5.17.